The number of carbonyl (C=O) groups is 1. The van der Waals surface area contributed by atoms with Crippen molar-refractivity contribution in [2.75, 3.05) is 32.5 Å². The van der Waals surface area contributed by atoms with Crippen LogP contribution in [0.25, 0.3) is 0 Å². The minimum absolute atomic E-state index is 0.243. The molecule has 1 unspecified atom stereocenters. The highest BCUT2D eigenvalue weighted by Crippen LogP contribution is 2.33. The minimum Gasteiger partial charge on any atom is -0.373 e. The summed E-state index contributed by atoms with van der Waals surface area (Å²) in [6.45, 7) is 2.54. The second-order valence-corrected chi connectivity index (χ2v) is 7.74. The Labute approximate surface area is 150 Å². The van der Waals surface area contributed by atoms with E-state index in [2.05, 4.69) is 17.3 Å². The smallest absolute Gasteiger partial charge is 0.226 e. The molecule has 25 heavy (non-hydrogen) atoms. The summed E-state index contributed by atoms with van der Waals surface area (Å²) in [4.78, 5) is 26.9. The number of rotatable bonds is 3. The van der Waals surface area contributed by atoms with Crippen molar-refractivity contribution in [2.45, 2.75) is 57.5 Å². The lowest BCUT2D eigenvalue weighted by Crippen LogP contribution is -2.40. The van der Waals surface area contributed by atoms with E-state index in [1.165, 1.54) is 24.8 Å². The van der Waals surface area contributed by atoms with E-state index in [1.54, 1.807) is 0 Å². The largest absolute Gasteiger partial charge is 0.373 e. The molecular formula is C19H29N5O. The molecule has 136 valence electrons. The molecule has 1 aromatic heterocycles. The van der Waals surface area contributed by atoms with Crippen molar-refractivity contribution in [3.63, 3.8) is 0 Å². The fourth-order valence-electron chi connectivity index (χ4n) is 4.66. The van der Waals surface area contributed by atoms with E-state index in [-0.39, 0.29) is 5.92 Å². The van der Waals surface area contributed by atoms with Crippen molar-refractivity contribution in [1.82, 2.24) is 19.8 Å². The van der Waals surface area contributed by atoms with E-state index in [0.29, 0.717) is 18.5 Å². The molecule has 1 amide bonds. The summed E-state index contributed by atoms with van der Waals surface area (Å²) in [5.74, 6) is 2.45. The lowest BCUT2D eigenvalue weighted by atomic mass is 10.0. The zero-order valence-electron chi connectivity index (χ0n) is 15.4. The van der Waals surface area contributed by atoms with Gasteiger partial charge in [-0.05, 0) is 45.7 Å². The summed E-state index contributed by atoms with van der Waals surface area (Å²) in [7, 11) is 4.08. The summed E-state index contributed by atoms with van der Waals surface area (Å²) in [5, 5.41) is 3.26. The maximum absolute atomic E-state index is 12.8. The fraction of sp³-hybridized carbons (Fsp3) is 0.737. The van der Waals surface area contributed by atoms with Crippen LogP contribution in [0.3, 0.4) is 0 Å². The number of hydrogen-bond acceptors (Lipinski definition) is 5. The molecule has 2 fully saturated rings. The van der Waals surface area contributed by atoms with Crippen LogP contribution in [-0.4, -0.2) is 52.9 Å². The molecule has 4 rings (SSSR count). The van der Waals surface area contributed by atoms with Crippen LogP contribution in [0.1, 0.15) is 61.6 Å². The van der Waals surface area contributed by atoms with Crippen LogP contribution in [-0.2, 0) is 17.8 Å². The van der Waals surface area contributed by atoms with Gasteiger partial charge in [0.2, 0.25) is 5.91 Å². The molecule has 3 heterocycles. The van der Waals surface area contributed by atoms with E-state index in [9.17, 15) is 4.79 Å². The van der Waals surface area contributed by atoms with Crippen LogP contribution in [0.15, 0.2) is 0 Å². The third kappa shape index (κ3) is 3.12. The van der Waals surface area contributed by atoms with Gasteiger partial charge in [-0.15, -0.1) is 0 Å². The number of anilines is 1. The average molecular weight is 343 g/mol. The number of nitrogens with zero attached hydrogens (tertiary/aromatic N) is 4. The van der Waals surface area contributed by atoms with Gasteiger partial charge in [-0.3, -0.25) is 9.69 Å². The van der Waals surface area contributed by atoms with Crippen LogP contribution in [0, 0.1) is 5.92 Å². The molecule has 1 N–H and O–H groups in total. The lowest BCUT2D eigenvalue weighted by Gasteiger charge is -2.32. The van der Waals surface area contributed by atoms with Crippen LogP contribution >= 0.6 is 0 Å². The van der Waals surface area contributed by atoms with Gasteiger partial charge in [-0.1, -0.05) is 12.8 Å². The Bertz CT molecular complexity index is 655. The van der Waals surface area contributed by atoms with Gasteiger partial charge >= 0.3 is 0 Å². The van der Waals surface area contributed by atoms with Gasteiger partial charge in [0.1, 0.15) is 11.6 Å². The van der Waals surface area contributed by atoms with E-state index in [1.807, 2.05) is 11.9 Å². The lowest BCUT2D eigenvalue weighted by molar-refractivity contribution is -0.136. The molecule has 3 aliphatic rings. The molecule has 1 atom stereocenters. The second-order valence-electron chi connectivity index (χ2n) is 7.74. The SMILES string of the molecule is CNc1nc(C2CCCN2C)nc2c1CCN(C(=O)C1CCCC1)C2. The molecule has 2 aliphatic heterocycles. The topological polar surface area (TPSA) is 61.4 Å². The van der Waals surface area contributed by atoms with E-state index in [4.69, 9.17) is 9.97 Å². The monoisotopic (exact) mass is 343 g/mol. The fourth-order valence-corrected chi connectivity index (χ4v) is 4.66. The summed E-state index contributed by atoms with van der Waals surface area (Å²) in [6.07, 6.45) is 7.69. The molecule has 1 aliphatic carbocycles. The Morgan fingerprint density at radius 2 is 1.92 bits per heavy atom. The number of likely N-dealkylation sites (tertiary alicyclic amines) is 1. The summed E-state index contributed by atoms with van der Waals surface area (Å²) in [6, 6.07) is 0.304. The molecule has 1 saturated heterocycles. The van der Waals surface area contributed by atoms with Gasteiger partial charge in [0.25, 0.3) is 0 Å². The normalized spacial score (nSPS) is 24.6. The third-order valence-electron chi connectivity index (χ3n) is 6.15. The van der Waals surface area contributed by atoms with Crippen molar-refractivity contribution in [2.24, 2.45) is 5.92 Å². The maximum Gasteiger partial charge on any atom is 0.226 e. The first-order valence-electron chi connectivity index (χ1n) is 9.74. The Balaban J connectivity index is 1.60. The molecule has 1 saturated carbocycles. The summed E-state index contributed by atoms with van der Waals surface area (Å²) < 4.78 is 0. The molecule has 0 bridgehead atoms. The minimum atomic E-state index is 0.243. The molecule has 0 radical (unpaired) electrons. The molecule has 6 nitrogen and oxygen atoms in total. The van der Waals surface area contributed by atoms with Gasteiger partial charge in [-0.25, -0.2) is 9.97 Å². The number of aromatic nitrogens is 2. The zero-order chi connectivity index (χ0) is 17.4. The third-order valence-corrected chi connectivity index (χ3v) is 6.15. The molecule has 0 spiro atoms. The van der Waals surface area contributed by atoms with Gasteiger partial charge in [0, 0.05) is 25.1 Å². The van der Waals surface area contributed by atoms with E-state index in [0.717, 1.165) is 56.1 Å². The predicted molar refractivity (Wildman–Crippen MR) is 97.3 cm³/mol. The van der Waals surface area contributed by atoms with Crippen molar-refractivity contribution >= 4 is 11.7 Å². The molecular weight excluding hydrogens is 314 g/mol. The first kappa shape index (κ1) is 16.8. The molecule has 6 heteroatoms. The van der Waals surface area contributed by atoms with Crippen molar-refractivity contribution in [3.8, 4) is 0 Å². The Morgan fingerprint density at radius 3 is 2.60 bits per heavy atom. The van der Waals surface area contributed by atoms with Gasteiger partial charge in [0.15, 0.2) is 0 Å². The Hall–Kier alpha value is -1.69. The number of hydrogen-bond donors (Lipinski definition) is 1. The van der Waals surface area contributed by atoms with Gasteiger partial charge in [-0.2, -0.15) is 0 Å². The average Bonchev–Trinajstić information content (AvgIpc) is 3.31. The number of nitrogens with one attached hydrogen (secondary N) is 1. The van der Waals surface area contributed by atoms with E-state index < -0.39 is 0 Å². The second kappa shape index (κ2) is 6.90. The quantitative estimate of drug-likeness (QED) is 0.913. The van der Waals surface area contributed by atoms with Crippen molar-refractivity contribution in [3.05, 3.63) is 17.1 Å². The highest BCUT2D eigenvalue weighted by atomic mass is 16.2. The number of fused-ring (bicyclic) bond motifs is 1. The summed E-state index contributed by atoms with van der Waals surface area (Å²) >= 11 is 0. The first-order chi connectivity index (χ1) is 12.2. The molecule has 0 aromatic carbocycles. The summed E-state index contributed by atoms with van der Waals surface area (Å²) in [5.41, 5.74) is 2.25. The van der Waals surface area contributed by atoms with Crippen LogP contribution in [0.4, 0.5) is 5.82 Å². The number of carbonyl (C=O) groups excluding carboxylic acids is 1. The highest BCUT2D eigenvalue weighted by molar-refractivity contribution is 5.79. The van der Waals surface area contributed by atoms with E-state index >= 15 is 0 Å². The standard InChI is InChI=1S/C19H29N5O/c1-20-17-14-9-11-24(19(25)13-6-3-4-7-13)12-15(14)21-18(22-17)16-8-5-10-23(16)2/h13,16H,3-12H2,1-2H3,(H,20,21,22). The first-order valence-corrected chi connectivity index (χ1v) is 9.74. The predicted octanol–water partition coefficient (Wildman–Crippen LogP) is 2.36. The number of amides is 1. The van der Waals surface area contributed by atoms with Crippen LogP contribution < -0.4 is 5.32 Å². The Kier molecular flexibility index (Phi) is 4.63. The molecule has 1 aromatic rings. The zero-order valence-corrected chi connectivity index (χ0v) is 15.4. The maximum atomic E-state index is 12.8. The van der Waals surface area contributed by atoms with Crippen molar-refractivity contribution in [1.29, 1.82) is 0 Å². The van der Waals surface area contributed by atoms with Crippen LogP contribution in [0.2, 0.25) is 0 Å². The van der Waals surface area contributed by atoms with Gasteiger partial charge < -0.3 is 10.2 Å². The van der Waals surface area contributed by atoms with Gasteiger partial charge in [0.05, 0.1) is 18.3 Å². The van der Waals surface area contributed by atoms with Crippen molar-refractivity contribution < 1.29 is 4.79 Å². The highest BCUT2D eigenvalue weighted by Gasteiger charge is 2.32. The van der Waals surface area contributed by atoms with Crippen LogP contribution in [0.5, 0.6) is 0 Å². The Morgan fingerprint density at radius 1 is 1.12 bits per heavy atom.